The average molecular weight is 348 g/mol. The van der Waals surface area contributed by atoms with Gasteiger partial charge in [-0.3, -0.25) is 4.79 Å². The second-order valence-electron chi connectivity index (χ2n) is 9.07. The van der Waals surface area contributed by atoms with Crippen LogP contribution in [0.25, 0.3) is 0 Å². The Morgan fingerprint density at radius 2 is 1.42 bits per heavy atom. The summed E-state index contributed by atoms with van der Waals surface area (Å²) in [5.74, 6) is -0.113. The normalized spacial score (nSPS) is 27.2. The van der Waals surface area contributed by atoms with E-state index in [1.807, 2.05) is 6.92 Å². The van der Waals surface area contributed by atoms with Crippen molar-refractivity contribution in [3.05, 3.63) is 70.8 Å². The molecule has 2 aromatic carbocycles. The van der Waals surface area contributed by atoms with Gasteiger partial charge in [0.25, 0.3) is 0 Å². The lowest BCUT2D eigenvalue weighted by atomic mass is 9.70. The summed E-state index contributed by atoms with van der Waals surface area (Å²) in [6, 6.07) is 17.4. The van der Waals surface area contributed by atoms with E-state index in [1.165, 1.54) is 22.3 Å². The lowest BCUT2D eigenvalue weighted by Gasteiger charge is -2.39. The number of rotatable bonds is 2. The van der Waals surface area contributed by atoms with Crippen LogP contribution in [0.5, 0.6) is 0 Å². The molecule has 2 aromatic rings. The number of fused-ring (bicyclic) bond motifs is 4. The van der Waals surface area contributed by atoms with E-state index in [-0.39, 0.29) is 28.3 Å². The molecule has 0 radical (unpaired) electrons. The molecule has 0 aromatic heterocycles. The maximum absolute atomic E-state index is 12.4. The van der Waals surface area contributed by atoms with E-state index < -0.39 is 0 Å². The van der Waals surface area contributed by atoms with Gasteiger partial charge in [0.2, 0.25) is 0 Å². The maximum Gasteiger partial charge on any atom is 0.305 e. The fourth-order valence-corrected chi connectivity index (χ4v) is 5.62. The molecule has 4 rings (SSSR count). The molecule has 0 saturated carbocycles. The predicted octanol–water partition coefficient (Wildman–Crippen LogP) is 5.27. The van der Waals surface area contributed by atoms with Crippen molar-refractivity contribution in [3.63, 3.8) is 0 Å². The first-order chi connectivity index (χ1) is 12.2. The number of esters is 1. The SMILES string of the molecule is CCC(=O)OC1C(C)(C)c2ccccc2C12CC(C)(C)c1ccccc12. The first-order valence-corrected chi connectivity index (χ1v) is 9.64. The zero-order chi connectivity index (χ0) is 18.7. The summed E-state index contributed by atoms with van der Waals surface area (Å²) in [6.45, 7) is 10.9. The Balaban J connectivity index is 2.03. The van der Waals surface area contributed by atoms with Gasteiger partial charge in [0.15, 0.2) is 0 Å². The molecule has 2 unspecified atom stereocenters. The van der Waals surface area contributed by atoms with Crippen molar-refractivity contribution >= 4 is 5.97 Å². The average Bonchev–Trinajstić information content (AvgIpc) is 2.97. The second-order valence-corrected chi connectivity index (χ2v) is 9.07. The van der Waals surface area contributed by atoms with E-state index in [0.717, 1.165) is 6.42 Å². The standard InChI is InChI=1S/C24H28O2/c1-6-20(25)26-21-23(4,5)17-12-8-10-14-19(17)24(21)15-22(2,3)16-11-7-9-13-18(16)24/h7-14,21H,6,15H2,1-5H3. The Morgan fingerprint density at radius 3 is 2.00 bits per heavy atom. The quantitative estimate of drug-likeness (QED) is 0.691. The largest absolute Gasteiger partial charge is 0.460 e. The Morgan fingerprint density at radius 1 is 0.923 bits per heavy atom. The molecule has 2 aliphatic carbocycles. The topological polar surface area (TPSA) is 26.3 Å². The van der Waals surface area contributed by atoms with Crippen LogP contribution in [0.1, 0.15) is 69.7 Å². The Hall–Kier alpha value is -2.09. The van der Waals surface area contributed by atoms with Crippen LogP contribution in [0.3, 0.4) is 0 Å². The van der Waals surface area contributed by atoms with Crippen LogP contribution < -0.4 is 0 Å². The molecule has 0 bridgehead atoms. The van der Waals surface area contributed by atoms with Gasteiger partial charge in [-0.1, -0.05) is 83.1 Å². The molecule has 2 nitrogen and oxygen atoms in total. The van der Waals surface area contributed by atoms with Crippen LogP contribution in [0, 0.1) is 0 Å². The van der Waals surface area contributed by atoms with E-state index in [4.69, 9.17) is 4.74 Å². The van der Waals surface area contributed by atoms with Gasteiger partial charge in [-0.2, -0.15) is 0 Å². The van der Waals surface area contributed by atoms with Crippen LogP contribution >= 0.6 is 0 Å². The number of ether oxygens (including phenoxy) is 1. The summed E-state index contributed by atoms with van der Waals surface area (Å²) in [4.78, 5) is 12.4. The van der Waals surface area contributed by atoms with E-state index in [9.17, 15) is 4.79 Å². The maximum atomic E-state index is 12.4. The highest BCUT2D eigenvalue weighted by atomic mass is 16.5. The highest BCUT2D eigenvalue weighted by molar-refractivity contribution is 5.71. The van der Waals surface area contributed by atoms with Crippen molar-refractivity contribution in [2.45, 2.75) is 69.8 Å². The van der Waals surface area contributed by atoms with Crippen molar-refractivity contribution in [2.75, 3.05) is 0 Å². The van der Waals surface area contributed by atoms with E-state index >= 15 is 0 Å². The summed E-state index contributed by atoms with van der Waals surface area (Å²) in [7, 11) is 0. The van der Waals surface area contributed by atoms with Crippen molar-refractivity contribution in [3.8, 4) is 0 Å². The lowest BCUT2D eigenvalue weighted by molar-refractivity contribution is -0.155. The fraction of sp³-hybridized carbons (Fsp3) is 0.458. The first kappa shape index (κ1) is 17.3. The zero-order valence-electron chi connectivity index (χ0n) is 16.4. The van der Waals surface area contributed by atoms with Gasteiger partial charge in [0.05, 0.1) is 5.41 Å². The van der Waals surface area contributed by atoms with E-state index in [1.54, 1.807) is 0 Å². The van der Waals surface area contributed by atoms with E-state index in [0.29, 0.717) is 6.42 Å². The summed E-state index contributed by atoms with van der Waals surface area (Å²) in [5.41, 5.74) is 4.89. The van der Waals surface area contributed by atoms with Gasteiger partial charge in [0.1, 0.15) is 6.10 Å². The van der Waals surface area contributed by atoms with Gasteiger partial charge >= 0.3 is 5.97 Å². The molecule has 2 heteroatoms. The Labute approximate surface area is 156 Å². The third-order valence-corrected chi connectivity index (χ3v) is 6.60. The van der Waals surface area contributed by atoms with Gasteiger partial charge in [-0.15, -0.1) is 0 Å². The lowest BCUT2D eigenvalue weighted by Crippen LogP contribution is -2.46. The summed E-state index contributed by atoms with van der Waals surface area (Å²) in [5, 5.41) is 0. The Bertz CT molecular complexity index is 864. The molecular weight excluding hydrogens is 320 g/mol. The molecule has 0 aliphatic heterocycles. The van der Waals surface area contributed by atoms with Gasteiger partial charge < -0.3 is 4.74 Å². The van der Waals surface area contributed by atoms with Gasteiger partial charge in [-0.25, -0.2) is 0 Å². The predicted molar refractivity (Wildman–Crippen MR) is 105 cm³/mol. The summed E-state index contributed by atoms with van der Waals surface area (Å²) in [6.07, 6.45) is 1.17. The van der Waals surface area contributed by atoms with Crippen LogP contribution in [-0.2, 0) is 25.8 Å². The van der Waals surface area contributed by atoms with Gasteiger partial charge in [-0.05, 0) is 34.1 Å². The number of benzene rings is 2. The smallest absolute Gasteiger partial charge is 0.305 e. The zero-order valence-corrected chi connectivity index (χ0v) is 16.4. The molecule has 0 heterocycles. The number of hydrogen-bond donors (Lipinski definition) is 0. The van der Waals surface area contributed by atoms with Crippen LogP contribution in [-0.4, -0.2) is 12.1 Å². The number of hydrogen-bond acceptors (Lipinski definition) is 2. The van der Waals surface area contributed by atoms with Crippen molar-refractivity contribution < 1.29 is 9.53 Å². The molecule has 136 valence electrons. The van der Waals surface area contributed by atoms with Crippen LogP contribution in [0.15, 0.2) is 48.5 Å². The molecule has 26 heavy (non-hydrogen) atoms. The highest BCUT2D eigenvalue weighted by Gasteiger charge is 2.63. The first-order valence-electron chi connectivity index (χ1n) is 9.64. The number of carbonyl (C=O) groups excluding carboxylic acids is 1. The minimum absolute atomic E-state index is 0.0427. The molecule has 1 spiro atoms. The minimum Gasteiger partial charge on any atom is -0.460 e. The van der Waals surface area contributed by atoms with Crippen LogP contribution in [0.2, 0.25) is 0 Å². The van der Waals surface area contributed by atoms with Crippen LogP contribution in [0.4, 0.5) is 0 Å². The molecule has 0 amide bonds. The molecule has 2 aliphatic rings. The van der Waals surface area contributed by atoms with Crippen molar-refractivity contribution in [1.82, 2.24) is 0 Å². The summed E-state index contributed by atoms with van der Waals surface area (Å²) < 4.78 is 6.21. The monoisotopic (exact) mass is 348 g/mol. The number of carbonyl (C=O) groups is 1. The fourth-order valence-electron chi connectivity index (χ4n) is 5.62. The Kier molecular flexibility index (Phi) is 3.63. The molecular formula is C24H28O2. The molecule has 0 N–H and O–H groups in total. The third kappa shape index (κ3) is 2.08. The molecule has 0 fully saturated rings. The van der Waals surface area contributed by atoms with Crippen molar-refractivity contribution in [2.24, 2.45) is 0 Å². The summed E-state index contributed by atoms with van der Waals surface area (Å²) >= 11 is 0. The van der Waals surface area contributed by atoms with E-state index in [2.05, 4.69) is 76.2 Å². The van der Waals surface area contributed by atoms with Crippen molar-refractivity contribution in [1.29, 1.82) is 0 Å². The molecule has 2 atom stereocenters. The minimum atomic E-state index is -0.273. The molecule has 0 saturated heterocycles. The highest BCUT2D eigenvalue weighted by Crippen LogP contribution is 2.63. The third-order valence-electron chi connectivity index (χ3n) is 6.60. The second kappa shape index (κ2) is 5.45. The van der Waals surface area contributed by atoms with Gasteiger partial charge in [0, 0.05) is 11.8 Å².